The van der Waals surface area contributed by atoms with Crippen molar-refractivity contribution < 1.29 is 42.9 Å². The molecule has 0 aliphatic carbocycles. The van der Waals surface area contributed by atoms with E-state index in [4.69, 9.17) is 35.3 Å². The molecule has 4 aromatic rings. The summed E-state index contributed by atoms with van der Waals surface area (Å²) >= 11 is 6.47. The molecule has 4 rings (SSSR count). The van der Waals surface area contributed by atoms with Crippen molar-refractivity contribution in [1.29, 1.82) is 0 Å². The lowest BCUT2D eigenvalue weighted by molar-refractivity contribution is -0.153. The van der Waals surface area contributed by atoms with Crippen LogP contribution in [0, 0.1) is 0 Å². The molecule has 0 aliphatic heterocycles. The maximum atomic E-state index is 12.9. The monoisotopic (exact) mass is 784 g/mol. The van der Waals surface area contributed by atoms with Gasteiger partial charge in [-0.1, -0.05) is 108 Å². The van der Waals surface area contributed by atoms with Crippen LogP contribution in [0.5, 0.6) is 17.2 Å². The highest BCUT2D eigenvalue weighted by molar-refractivity contribution is 6.32. The van der Waals surface area contributed by atoms with Crippen LogP contribution in [0.15, 0.2) is 91.0 Å². The zero-order valence-electron chi connectivity index (χ0n) is 32.7. The minimum Gasteiger partial charge on any atom is -0.492 e. The number of halogens is 1. The Balaban J connectivity index is 1.19. The Kier molecular flexibility index (Phi) is 18.4. The third-order valence-electron chi connectivity index (χ3n) is 9.10. The van der Waals surface area contributed by atoms with Gasteiger partial charge in [0.1, 0.15) is 17.2 Å². The van der Waals surface area contributed by atoms with Gasteiger partial charge in [-0.15, -0.1) is 0 Å². The van der Waals surface area contributed by atoms with E-state index in [1.54, 1.807) is 12.1 Å². The van der Waals surface area contributed by atoms with Gasteiger partial charge in [0, 0.05) is 0 Å². The fourth-order valence-corrected chi connectivity index (χ4v) is 6.00. The molecule has 0 aromatic heterocycles. The van der Waals surface area contributed by atoms with E-state index in [2.05, 4.69) is 13.8 Å². The highest BCUT2D eigenvalue weighted by atomic mass is 35.5. The summed E-state index contributed by atoms with van der Waals surface area (Å²) in [5, 5.41) is 0.527. The van der Waals surface area contributed by atoms with Crippen LogP contribution < -0.4 is 14.2 Å². The number of rotatable bonds is 23. The summed E-state index contributed by atoms with van der Waals surface area (Å²) in [5.41, 5.74) is 2.54. The molecule has 0 saturated heterocycles. The van der Waals surface area contributed by atoms with E-state index in [-0.39, 0.29) is 22.6 Å². The number of ether oxygens (including phenoxy) is 5. The van der Waals surface area contributed by atoms with Crippen molar-refractivity contribution in [3.05, 3.63) is 113 Å². The first kappa shape index (κ1) is 43.6. The second kappa shape index (κ2) is 23.7. The Morgan fingerprint density at radius 1 is 0.536 bits per heavy atom. The quantitative estimate of drug-likeness (QED) is 0.0412. The number of unbranched alkanes of at least 4 members (excludes halogenated alkanes) is 10. The third kappa shape index (κ3) is 14.5. The number of carbonyl (C=O) groups is 4. The average Bonchev–Trinajstić information content (AvgIpc) is 3.21. The lowest BCUT2D eigenvalue weighted by Crippen LogP contribution is -2.26. The van der Waals surface area contributed by atoms with Crippen molar-refractivity contribution in [3.8, 4) is 28.4 Å². The van der Waals surface area contributed by atoms with Gasteiger partial charge in [0.2, 0.25) is 0 Å². The van der Waals surface area contributed by atoms with E-state index in [0.29, 0.717) is 29.5 Å². The second-order valence-corrected chi connectivity index (χ2v) is 14.1. The molecule has 0 bridgehead atoms. The fourth-order valence-electron chi connectivity index (χ4n) is 5.76. The molecule has 0 saturated carbocycles. The van der Waals surface area contributed by atoms with Crippen LogP contribution in [0.4, 0.5) is 0 Å². The predicted octanol–water partition coefficient (Wildman–Crippen LogP) is 11.6. The van der Waals surface area contributed by atoms with Crippen LogP contribution in [-0.4, -0.2) is 43.2 Å². The molecule has 56 heavy (non-hydrogen) atoms. The van der Waals surface area contributed by atoms with Crippen molar-refractivity contribution in [2.24, 2.45) is 0 Å². The minimum absolute atomic E-state index is 0.185. The molecule has 0 amide bonds. The Labute approximate surface area is 335 Å². The molecule has 0 aliphatic rings. The topological polar surface area (TPSA) is 114 Å². The van der Waals surface area contributed by atoms with Crippen molar-refractivity contribution >= 4 is 35.5 Å². The van der Waals surface area contributed by atoms with E-state index >= 15 is 0 Å². The van der Waals surface area contributed by atoms with Crippen molar-refractivity contribution in [1.82, 2.24) is 0 Å². The zero-order chi connectivity index (χ0) is 40.1. The maximum absolute atomic E-state index is 12.9. The van der Waals surface area contributed by atoms with E-state index in [1.807, 2.05) is 30.3 Å². The molecule has 1 atom stereocenters. The summed E-state index contributed by atoms with van der Waals surface area (Å²) in [4.78, 5) is 50.5. The van der Waals surface area contributed by atoms with E-state index < -0.39 is 30.0 Å². The molecule has 10 heteroatoms. The smallest absolute Gasteiger partial charge is 0.347 e. The summed E-state index contributed by atoms with van der Waals surface area (Å²) in [6, 6.07) is 24.4. The van der Waals surface area contributed by atoms with Gasteiger partial charge in [-0.3, -0.25) is 0 Å². The predicted molar refractivity (Wildman–Crippen MR) is 218 cm³/mol. The molecule has 9 nitrogen and oxygen atoms in total. The van der Waals surface area contributed by atoms with Gasteiger partial charge < -0.3 is 23.7 Å². The Morgan fingerprint density at radius 3 is 1.52 bits per heavy atom. The van der Waals surface area contributed by atoms with Gasteiger partial charge in [0.25, 0.3) is 0 Å². The number of hydrogen-bond acceptors (Lipinski definition) is 9. The first-order valence-corrected chi connectivity index (χ1v) is 20.1. The third-order valence-corrected chi connectivity index (χ3v) is 9.40. The molecular weight excluding hydrogens is 732 g/mol. The van der Waals surface area contributed by atoms with Gasteiger partial charge in [0.05, 0.1) is 34.9 Å². The molecule has 0 spiro atoms. The summed E-state index contributed by atoms with van der Waals surface area (Å²) in [6.45, 7) is 6.76. The number of carbonyl (C=O) groups excluding carboxylic acids is 4. The largest absolute Gasteiger partial charge is 0.492 e. The van der Waals surface area contributed by atoms with Crippen molar-refractivity contribution in [2.75, 3.05) is 13.2 Å². The van der Waals surface area contributed by atoms with Gasteiger partial charge in [0.15, 0.2) is 6.10 Å². The van der Waals surface area contributed by atoms with E-state index in [1.165, 1.54) is 100 Å². The SMILES string of the molecule is CCCCCCCCCCOC(=O)C(C)OC(=O)c1ccc(OC(=O)c2ccc(OC(=O)c3ccc(-c4ccc(OCCCCCC)c(Cl)c4)cc3)cc2)cc1. The molecule has 1 unspecified atom stereocenters. The normalized spacial score (nSPS) is 11.4. The molecule has 0 heterocycles. The fraction of sp³-hybridized carbons (Fsp3) is 0.391. The van der Waals surface area contributed by atoms with Gasteiger partial charge in [-0.2, -0.15) is 0 Å². The summed E-state index contributed by atoms with van der Waals surface area (Å²) < 4.78 is 27.3. The Bertz CT molecular complexity index is 1840. The van der Waals surface area contributed by atoms with Crippen LogP contribution in [-0.2, 0) is 14.3 Å². The molecule has 298 valence electrons. The summed E-state index contributed by atoms with van der Waals surface area (Å²) in [7, 11) is 0. The molecule has 0 fully saturated rings. The van der Waals surface area contributed by atoms with Gasteiger partial charge in [-0.05, 0) is 104 Å². The second-order valence-electron chi connectivity index (χ2n) is 13.6. The van der Waals surface area contributed by atoms with Crippen LogP contribution in [0.2, 0.25) is 5.02 Å². The highest BCUT2D eigenvalue weighted by Crippen LogP contribution is 2.31. The Morgan fingerprint density at radius 2 is 0.982 bits per heavy atom. The lowest BCUT2D eigenvalue weighted by Gasteiger charge is -2.13. The van der Waals surface area contributed by atoms with Crippen LogP contribution in [0.3, 0.4) is 0 Å². The molecule has 4 aromatic carbocycles. The highest BCUT2D eigenvalue weighted by Gasteiger charge is 2.21. The summed E-state index contributed by atoms with van der Waals surface area (Å²) in [6.07, 6.45) is 12.5. The van der Waals surface area contributed by atoms with Gasteiger partial charge >= 0.3 is 23.9 Å². The lowest BCUT2D eigenvalue weighted by atomic mass is 10.0. The van der Waals surface area contributed by atoms with Crippen LogP contribution in [0.1, 0.15) is 129 Å². The van der Waals surface area contributed by atoms with E-state index in [0.717, 1.165) is 43.2 Å². The standard InChI is InChI=1S/C46H53ClO9/c1-4-6-8-10-11-12-13-15-31-53-43(48)33(3)54-44(49)36-20-25-39(26-21-36)56-46(51)37-22-27-40(28-23-37)55-45(50)35-18-16-34(17-19-35)38-24-29-42(41(47)32-38)52-30-14-9-7-5-2/h16-29,32-33H,4-15,30-31H2,1-3H3. The maximum Gasteiger partial charge on any atom is 0.347 e. The van der Waals surface area contributed by atoms with Crippen LogP contribution in [0.25, 0.3) is 11.1 Å². The number of esters is 4. The number of benzene rings is 4. The first-order valence-electron chi connectivity index (χ1n) is 19.7. The van der Waals surface area contributed by atoms with Crippen molar-refractivity contribution in [3.63, 3.8) is 0 Å². The Hall–Kier alpha value is -5.15. The minimum atomic E-state index is -1.06. The summed E-state index contributed by atoms with van der Waals surface area (Å²) in [5.74, 6) is -1.39. The number of hydrogen-bond donors (Lipinski definition) is 0. The molecule has 0 N–H and O–H groups in total. The average molecular weight is 785 g/mol. The molecular formula is C46H53ClO9. The van der Waals surface area contributed by atoms with Crippen LogP contribution >= 0.6 is 11.6 Å². The zero-order valence-corrected chi connectivity index (χ0v) is 33.4. The van der Waals surface area contributed by atoms with Crippen molar-refractivity contribution in [2.45, 2.75) is 104 Å². The van der Waals surface area contributed by atoms with E-state index in [9.17, 15) is 19.2 Å². The first-order chi connectivity index (χ1) is 27.2. The molecule has 0 radical (unpaired) electrons. The van der Waals surface area contributed by atoms with Gasteiger partial charge in [-0.25, -0.2) is 19.2 Å².